The molecule has 5 nitrogen and oxygen atoms in total. The van der Waals surface area contributed by atoms with E-state index in [1.807, 2.05) is 0 Å². The Morgan fingerprint density at radius 1 is 1.32 bits per heavy atom. The molecule has 0 radical (unpaired) electrons. The minimum absolute atomic E-state index is 0.0973. The van der Waals surface area contributed by atoms with Crippen LogP contribution in [0.4, 0.5) is 0 Å². The topological polar surface area (TPSA) is 64.6 Å². The van der Waals surface area contributed by atoms with Crippen molar-refractivity contribution < 1.29 is 19.1 Å². The normalized spacial score (nSPS) is 10.3. The molecule has 0 unspecified atom stereocenters. The SMILES string of the molecule is COC(=O)c1ccc(OC)c(C=CCNC(C)=O)c1. The first-order valence-corrected chi connectivity index (χ1v) is 5.75. The first-order chi connectivity index (χ1) is 9.08. The average molecular weight is 263 g/mol. The van der Waals surface area contributed by atoms with Crippen LogP contribution in [0, 0.1) is 0 Å². The van der Waals surface area contributed by atoms with E-state index >= 15 is 0 Å². The van der Waals surface area contributed by atoms with Gasteiger partial charge in [0.25, 0.3) is 0 Å². The molecule has 5 heteroatoms. The number of benzene rings is 1. The summed E-state index contributed by atoms with van der Waals surface area (Å²) in [5, 5.41) is 2.64. The third-order valence-corrected chi connectivity index (χ3v) is 2.42. The van der Waals surface area contributed by atoms with Crippen LogP contribution in [0.25, 0.3) is 6.08 Å². The molecule has 0 saturated carbocycles. The molecule has 1 amide bonds. The van der Waals surface area contributed by atoms with Crippen molar-refractivity contribution >= 4 is 18.0 Å². The predicted molar refractivity (Wildman–Crippen MR) is 72.1 cm³/mol. The van der Waals surface area contributed by atoms with Crippen LogP contribution in [-0.2, 0) is 9.53 Å². The van der Waals surface area contributed by atoms with Gasteiger partial charge in [-0.15, -0.1) is 0 Å². The number of esters is 1. The summed E-state index contributed by atoms with van der Waals surface area (Å²) in [5.41, 5.74) is 1.19. The molecule has 0 spiro atoms. The molecular formula is C14H17NO4. The van der Waals surface area contributed by atoms with Crippen LogP contribution < -0.4 is 10.1 Å². The zero-order valence-corrected chi connectivity index (χ0v) is 11.2. The van der Waals surface area contributed by atoms with E-state index in [2.05, 4.69) is 10.1 Å². The smallest absolute Gasteiger partial charge is 0.337 e. The number of ether oxygens (including phenoxy) is 2. The van der Waals surface area contributed by atoms with Crippen LogP contribution in [0.3, 0.4) is 0 Å². The summed E-state index contributed by atoms with van der Waals surface area (Å²) in [5.74, 6) is 0.144. The summed E-state index contributed by atoms with van der Waals surface area (Å²) in [6.45, 7) is 1.87. The van der Waals surface area contributed by atoms with Crippen LogP contribution in [0.15, 0.2) is 24.3 Å². The molecule has 0 aliphatic rings. The number of rotatable bonds is 5. The van der Waals surface area contributed by atoms with Gasteiger partial charge in [-0.3, -0.25) is 4.79 Å². The van der Waals surface area contributed by atoms with Gasteiger partial charge in [-0.05, 0) is 18.2 Å². The molecule has 0 saturated heterocycles. The van der Waals surface area contributed by atoms with E-state index in [0.717, 1.165) is 5.56 Å². The third kappa shape index (κ3) is 4.46. The minimum Gasteiger partial charge on any atom is -0.496 e. The number of nitrogens with one attached hydrogen (secondary N) is 1. The second-order valence-electron chi connectivity index (χ2n) is 3.79. The van der Waals surface area contributed by atoms with E-state index in [4.69, 9.17) is 4.74 Å². The highest BCUT2D eigenvalue weighted by atomic mass is 16.5. The second kappa shape index (κ2) is 7.20. The third-order valence-electron chi connectivity index (χ3n) is 2.42. The predicted octanol–water partition coefficient (Wildman–Crippen LogP) is 1.63. The Morgan fingerprint density at radius 3 is 2.63 bits per heavy atom. The molecule has 0 aliphatic carbocycles. The molecule has 1 aromatic carbocycles. The second-order valence-corrected chi connectivity index (χ2v) is 3.79. The molecule has 0 aromatic heterocycles. The van der Waals surface area contributed by atoms with Gasteiger partial charge in [0.1, 0.15) is 5.75 Å². The lowest BCUT2D eigenvalue weighted by Crippen LogP contribution is -2.19. The van der Waals surface area contributed by atoms with E-state index < -0.39 is 5.97 Å². The maximum Gasteiger partial charge on any atom is 0.337 e. The summed E-state index contributed by atoms with van der Waals surface area (Å²) < 4.78 is 9.86. The maximum absolute atomic E-state index is 11.4. The van der Waals surface area contributed by atoms with Gasteiger partial charge in [0, 0.05) is 19.0 Å². The van der Waals surface area contributed by atoms with Gasteiger partial charge in [-0.1, -0.05) is 12.2 Å². The first-order valence-electron chi connectivity index (χ1n) is 5.75. The number of methoxy groups -OCH3 is 2. The molecule has 1 rings (SSSR count). The Balaban J connectivity index is 2.89. The van der Waals surface area contributed by atoms with E-state index in [-0.39, 0.29) is 5.91 Å². The summed E-state index contributed by atoms with van der Waals surface area (Å²) in [7, 11) is 2.89. The summed E-state index contributed by atoms with van der Waals surface area (Å²) in [6.07, 6.45) is 3.56. The monoisotopic (exact) mass is 263 g/mol. The van der Waals surface area contributed by atoms with Crippen molar-refractivity contribution in [3.8, 4) is 5.75 Å². The van der Waals surface area contributed by atoms with Crippen molar-refractivity contribution in [2.45, 2.75) is 6.92 Å². The van der Waals surface area contributed by atoms with Crippen molar-refractivity contribution in [2.75, 3.05) is 20.8 Å². The molecule has 1 N–H and O–H groups in total. The quantitative estimate of drug-likeness (QED) is 0.820. The van der Waals surface area contributed by atoms with Crippen LogP contribution in [-0.4, -0.2) is 32.6 Å². The Bertz CT molecular complexity index is 494. The molecular weight excluding hydrogens is 246 g/mol. The number of hydrogen-bond acceptors (Lipinski definition) is 4. The van der Waals surface area contributed by atoms with E-state index in [9.17, 15) is 9.59 Å². The molecule has 19 heavy (non-hydrogen) atoms. The van der Waals surface area contributed by atoms with E-state index in [1.54, 1.807) is 37.5 Å². The van der Waals surface area contributed by atoms with Crippen molar-refractivity contribution in [1.29, 1.82) is 0 Å². The molecule has 0 atom stereocenters. The average Bonchev–Trinajstić information content (AvgIpc) is 2.42. The fourth-order valence-electron chi connectivity index (χ4n) is 1.50. The van der Waals surface area contributed by atoms with Crippen molar-refractivity contribution in [3.63, 3.8) is 0 Å². The van der Waals surface area contributed by atoms with Gasteiger partial charge in [-0.25, -0.2) is 4.79 Å². The lowest BCUT2D eigenvalue weighted by molar-refractivity contribution is -0.118. The Hall–Kier alpha value is -2.30. The van der Waals surface area contributed by atoms with Crippen LogP contribution in [0.1, 0.15) is 22.8 Å². The van der Waals surface area contributed by atoms with Gasteiger partial charge < -0.3 is 14.8 Å². The van der Waals surface area contributed by atoms with Gasteiger partial charge in [-0.2, -0.15) is 0 Å². The summed E-state index contributed by atoms with van der Waals surface area (Å²) in [6, 6.07) is 5.01. The van der Waals surface area contributed by atoms with Crippen molar-refractivity contribution in [1.82, 2.24) is 5.32 Å². The highest BCUT2D eigenvalue weighted by Gasteiger charge is 2.08. The molecule has 0 aliphatic heterocycles. The van der Waals surface area contributed by atoms with Crippen LogP contribution >= 0.6 is 0 Å². The largest absolute Gasteiger partial charge is 0.496 e. The number of hydrogen-bond donors (Lipinski definition) is 1. The summed E-state index contributed by atoms with van der Waals surface area (Å²) in [4.78, 5) is 22.2. The van der Waals surface area contributed by atoms with Gasteiger partial charge in [0.2, 0.25) is 5.91 Å². The van der Waals surface area contributed by atoms with Gasteiger partial charge in [0.05, 0.1) is 19.8 Å². The number of carbonyl (C=O) groups excluding carboxylic acids is 2. The van der Waals surface area contributed by atoms with Gasteiger partial charge >= 0.3 is 5.97 Å². The highest BCUT2D eigenvalue weighted by molar-refractivity contribution is 5.90. The fourth-order valence-corrected chi connectivity index (χ4v) is 1.50. The Morgan fingerprint density at radius 2 is 2.05 bits per heavy atom. The molecule has 0 fully saturated rings. The Kier molecular flexibility index (Phi) is 5.60. The van der Waals surface area contributed by atoms with Gasteiger partial charge in [0.15, 0.2) is 0 Å². The standard InChI is InChI=1S/C14H17NO4/c1-10(16)15-8-4-5-11-9-12(14(17)19-3)6-7-13(11)18-2/h4-7,9H,8H2,1-3H3,(H,15,16). The zero-order chi connectivity index (χ0) is 14.3. The highest BCUT2D eigenvalue weighted by Crippen LogP contribution is 2.21. The lowest BCUT2D eigenvalue weighted by Gasteiger charge is -2.07. The van der Waals surface area contributed by atoms with Crippen molar-refractivity contribution in [3.05, 3.63) is 35.4 Å². The number of amides is 1. The Labute approximate surface area is 112 Å². The fraction of sp³-hybridized carbons (Fsp3) is 0.286. The van der Waals surface area contributed by atoms with Crippen molar-refractivity contribution in [2.24, 2.45) is 0 Å². The zero-order valence-electron chi connectivity index (χ0n) is 11.2. The molecule has 0 bridgehead atoms. The maximum atomic E-state index is 11.4. The first kappa shape index (κ1) is 14.8. The van der Waals surface area contributed by atoms with Crippen LogP contribution in [0.5, 0.6) is 5.75 Å². The van der Waals surface area contributed by atoms with Crippen LogP contribution in [0.2, 0.25) is 0 Å². The minimum atomic E-state index is -0.404. The summed E-state index contributed by atoms with van der Waals surface area (Å²) >= 11 is 0. The molecule has 102 valence electrons. The molecule has 0 heterocycles. The van der Waals surface area contributed by atoms with E-state index in [1.165, 1.54) is 14.0 Å². The molecule has 1 aromatic rings. The lowest BCUT2D eigenvalue weighted by atomic mass is 10.1. The number of carbonyl (C=O) groups is 2. The van der Waals surface area contributed by atoms with E-state index in [0.29, 0.717) is 17.9 Å².